The molecule has 0 saturated heterocycles. The number of nitrogens with one attached hydrogen (secondary N) is 1. The van der Waals surface area contributed by atoms with Crippen LogP contribution in [0.1, 0.15) is 59.9 Å². The molecule has 158 valence electrons. The number of carbonyl (C=O) groups excluding carboxylic acids is 1. The van der Waals surface area contributed by atoms with Gasteiger partial charge in [0.1, 0.15) is 11.5 Å². The zero-order chi connectivity index (χ0) is 21.6. The van der Waals surface area contributed by atoms with E-state index in [-0.39, 0.29) is 18.0 Å². The van der Waals surface area contributed by atoms with E-state index in [4.69, 9.17) is 4.52 Å². The van der Waals surface area contributed by atoms with Crippen molar-refractivity contribution in [3.05, 3.63) is 76.8 Å². The average Bonchev–Trinajstić information content (AvgIpc) is 3.49. The lowest BCUT2D eigenvalue weighted by Crippen LogP contribution is -2.22. The summed E-state index contributed by atoms with van der Waals surface area (Å²) in [5.74, 6) is 6.11. The van der Waals surface area contributed by atoms with E-state index in [1.54, 1.807) is 18.2 Å². The molecule has 1 amide bonds. The van der Waals surface area contributed by atoms with Gasteiger partial charge < -0.3 is 9.84 Å². The molecule has 1 heterocycles. The van der Waals surface area contributed by atoms with Crippen LogP contribution in [0, 0.1) is 23.6 Å². The molecule has 1 N–H and O–H groups in total. The summed E-state index contributed by atoms with van der Waals surface area (Å²) in [6.07, 6.45) is 5.54. The van der Waals surface area contributed by atoms with Crippen molar-refractivity contribution < 1.29 is 13.7 Å². The minimum Gasteiger partial charge on any atom is -0.359 e. The average molecular weight is 416 g/mol. The van der Waals surface area contributed by atoms with E-state index in [1.165, 1.54) is 24.5 Å². The number of carbonyl (C=O) groups is 1. The Hall–Kier alpha value is -3.39. The maximum Gasteiger partial charge on any atom is 0.251 e. The van der Waals surface area contributed by atoms with Gasteiger partial charge in [-0.05, 0) is 43.0 Å². The second-order valence-electron chi connectivity index (χ2n) is 7.86. The number of benzene rings is 2. The lowest BCUT2D eigenvalue weighted by atomic mass is 10.1. The molecular formula is C26H25FN2O2. The van der Waals surface area contributed by atoms with Crippen LogP contribution >= 0.6 is 0 Å². The second kappa shape index (κ2) is 9.61. The normalized spacial score (nSPS) is 13.6. The minimum absolute atomic E-state index is 0.170. The van der Waals surface area contributed by atoms with Crippen molar-refractivity contribution in [3.63, 3.8) is 0 Å². The van der Waals surface area contributed by atoms with Crippen molar-refractivity contribution >= 4 is 5.91 Å². The van der Waals surface area contributed by atoms with Gasteiger partial charge in [0, 0.05) is 23.1 Å². The maximum atomic E-state index is 14.4. The minimum atomic E-state index is -0.476. The summed E-state index contributed by atoms with van der Waals surface area (Å²) in [5.41, 5.74) is 3.50. The number of hydrogen-bond acceptors (Lipinski definition) is 3. The predicted octanol–water partition coefficient (Wildman–Crippen LogP) is 5.51. The fourth-order valence-corrected chi connectivity index (χ4v) is 3.72. The molecule has 1 saturated carbocycles. The monoisotopic (exact) mass is 416 g/mol. The second-order valence-corrected chi connectivity index (χ2v) is 7.86. The van der Waals surface area contributed by atoms with Crippen LogP contribution < -0.4 is 5.32 Å². The Morgan fingerprint density at radius 2 is 1.94 bits per heavy atom. The Labute approximate surface area is 181 Å². The highest BCUT2D eigenvalue weighted by Crippen LogP contribution is 2.24. The molecule has 0 aliphatic heterocycles. The van der Waals surface area contributed by atoms with Crippen molar-refractivity contribution in [2.45, 2.75) is 45.6 Å². The van der Waals surface area contributed by atoms with Crippen LogP contribution in [0.4, 0.5) is 4.39 Å². The van der Waals surface area contributed by atoms with Gasteiger partial charge in [0.05, 0.1) is 12.1 Å². The number of hydrogen-bond donors (Lipinski definition) is 1. The lowest BCUT2D eigenvalue weighted by molar-refractivity contribution is 0.0946. The predicted molar refractivity (Wildman–Crippen MR) is 118 cm³/mol. The van der Waals surface area contributed by atoms with Crippen LogP contribution in [0.15, 0.2) is 53.1 Å². The molecule has 1 aliphatic carbocycles. The summed E-state index contributed by atoms with van der Waals surface area (Å²) < 4.78 is 19.7. The first-order chi connectivity index (χ1) is 15.1. The number of nitrogens with zero attached hydrogens (tertiary/aromatic N) is 1. The molecule has 0 spiro atoms. The third-order valence-electron chi connectivity index (χ3n) is 5.64. The molecule has 0 atom stereocenters. The summed E-state index contributed by atoms with van der Waals surface area (Å²) in [4.78, 5) is 12.4. The smallest absolute Gasteiger partial charge is 0.251 e. The van der Waals surface area contributed by atoms with Crippen molar-refractivity contribution in [1.82, 2.24) is 10.5 Å². The summed E-state index contributed by atoms with van der Waals surface area (Å²) in [6, 6.07) is 14.3. The van der Waals surface area contributed by atoms with Crippen molar-refractivity contribution in [2.24, 2.45) is 5.92 Å². The third kappa shape index (κ3) is 5.21. The first kappa shape index (κ1) is 20.9. The molecule has 1 aromatic heterocycles. The van der Waals surface area contributed by atoms with E-state index in [1.807, 2.05) is 12.1 Å². The fraction of sp³-hybridized carbons (Fsp3) is 0.308. The number of halogens is 1. The van der Waals surface area contributed by atoms with Crippen LogP contribution in [0.25, 0.3) is 11.3 Å². The standard InChI is InChI=1S/C26H25FN2O2/c1-2-18-7-11-21(12-8-18)25-16-23(31-29-25)17-28-26(30)22-14-13-20(24(27)15-22)10-9-19-5-3-4-6-19/h7-8,11-16,19H,2-6,17H2,1H3,(H,28,30). The molecule has 5 heteroatoms. The molecule has 4 rings (SSSR count). The number of aryl methyl sites for hydroxylation is 1. The molecule has 0 bridgehead atoms. The first-order valence-corrected chi connectivity index (χ1v) is 10.8. The van der Waals surface area contributed by atoms with Crippen LogP contribution in [0.2, 0.25) is 0 Å². The Balaban J connectivity index is 1.36. The molecule has 1 fully saturated rings. The van der Waals surface area contributed by atoms with E-state index in [2.05, 4.69) is 41.4 Å². The van der Waals surface area contributed by atoms with Crippen LogP contribution in [0.5, 0.6) is 0 Å². The Bertz CT molecular complexity index is 1120. The maximum absolute atomic E-state index is 14.4. The number of aromatic nitrogens is 1. The van der Waals surface area contributed by atoms with Gasteiger partial charge in [-0.15, -0.1) is 0 Å². The van der Waals surface area contributed by atoms with Gasteiger partial charge in [0.2, 0.25) is 0 Å². The Morgan fingerprint density at radius 3 is 2.65 bits per heavy atom. The van der Waals surface area contributed by atoms with Gasteiger partial charge >= 0.3 is 0 Å². The van der Waals surface area contributed by atoms with Gasteiger partial charge in [-0.2, -0.15) is 0 Å². The molecule has 3 aromatic rings. The molecule has 31 heavy (non-hydrogen) atoms. The van der Waals surface area contributed by atoms with Crippen LogP contribution in [0.3, 0.4) is 0 Å². The molecule has 4 nitrogen and oxygen atoms in total. The summed E-state index contributed by atoms with van der Waals surface area (Å²) in [5, 5.41) is 6.82. The largest absolute Gasteiger partial charge is 0.359 e. The van der Waals surface area contributed by atoms with Crippen molar-refractivity contribution in [2.75, 3.05) is 0 Å². The molecule has 1 aliphatic rings. The zero-order valence-corrected chi connectivity index (χ0v) is 17.6. The summed E-state index contributed by atoms with van der Waals surface area (Å²) in [7, 11) is 0. The van der Waals surface area contributed by atoms with Crippen LogP contribution in [-0.2, 0) is 13.0 Å². The van der Waals surface area contributed by atoms with E-state index in [0.29, 0.717) is 22.9 Å². The lowest BCUT2D eigenvalue weighted by Gasteiger charge is -2.04. The van der Waals surface area contributed by atoms with Gasteiger partial charge in [0.25, 0.3) is 5.91 Å². The van der Waals surface area contributed by atoms with Gasteiger partial charge in [0.15, 0.2) is 5.76 Å². The van der Waals surface area contributed by atoms with Gasteiger partial charge in [-0.3, -0.25) is 4.79 Å². The van der Waals surface area contributed by atoms with E-state index >= 15 is 0 Å². The zero-order valence-electron chi connectivity index (χ0n) is 17.6. The SMILES string of the molecule is CCc1ccc(-c2cc(CNC(=O)c3ccc(C#CC4CCCC4)c(F)c3)on2)cc1. The Morgan fingerprint density at radius 1 is 1.16 bits per heavy atom. The third-order valence-corrected chi connectivity index (χ3v) is 5.64. The van der Waals surface area contributed by atoms with Crippen molar-refractivity contribution in [1.29, 1.82) is 0 Å². The van der Waals surface area contributed by atoms with E-state index in [9.17, 15) is 9.18 Å². The first-order valence-electron chi connectivity index (χ1n) is 10.8. The highest BCUT2D eigenvalue weighted by molar-refractivity contribution is 5.94. The summed E-state index contributed by atoms with van der Waals surface area (Å²) >= 11 is 0. The van der Waals surface area contributed by atoms with Crippen LogP contribution in [-0.4, -0.2) is 11.1 Å². The summed E-state index contributed by atoms with van der Waals surface area (Å²) in [6.45, 7) is 2.28. The van der Waals surface area contributed by atoms with E-state index in [0.717, 1.165) is 24.8 Å². The highest BCUT2D eigenvalue weighted by Gasteiger charge is 2.13. The topological polar surface area (TPSA) is 55.1 Å². The number of rotatable bonds is 5. The van der Waals surface area contributed by atoms with Gasteiger partial charge in [-0.25, -0.2) is 4.39 Å². The quantitative estimate of drug-likeness (QED) is 0.558. The van der Waals surface area contributed by atoms with Gasteiger partial charge in [-0.1, -0.05) is 61.0 Å². The Kier molecular flexibility index (Phi) is 6.47. The highest BCUT2D eigenvalue weighted by atomic mass is 19.1. The molecule has 0 radical (unpaired) electrons. The number of amides is 1. The molecule has 2 aromatic carbocycles. The van der Waals surface area contributed by atoms with E-state index < -0.39 is 5.82 Å². The molecular weight excluding hydrogens is 391 g/mol. The van der Waals surface area contributed by atoms with Crippen molar-refractivity contribution in [3.8, 4) is 23.1 Å². The molecule has 0 unspecified atom stereocenters. The fourth-order valence-electron chi connectivity index (χ4n) is 3.72.